The van der Waals surface area contributed by atoms with Crippen molar-refractivity contribution in [1.29, 1.82) is 0 Å². The van der Waals surface area contributed by atoms with Gasteiger partial charge in [0.05, 0.1) is 6.10 Å². The molecule has 160 valence electrons. The minimum Gasteiger partial charge on any atom is -0.393 e. The summed E-state index contributed by atoms with van der Waals surface area (Å²) in [7, 11) is 0. The van der Waals surface area contributed by atoms with E-state index in [0.29, 0.717) is 23.2 Å². The number of aliphatic hydroxyl groups is 1. The highest BCUT2D eigenvalue weighted by molar-refractivity contribution is 5.36. The molecule has 5 atom stereocenters. The lowest BCUT2D eigenvalue weighted by molar-refractivity contribution is 0.112. The van der Waals surface area contributed by atoms with Crippen LogP contribution in [0.3, 0.4) is 0 Å². The first kappa shape index (κ1) is 22.3. The smallest absolute Gasteiger partial charge is 0.0583 e. The molecule has 0 amide bonds. The van der Waals surface area contributed by atoms with Gasteiger partial charge in [0.15, 0.2) is 0 Å². The summed E-state index contributed by atoms with van der Waals surface area (Å²) in [6.07, 6.45) is 18.3. The van der Waals surface area contributed by atoms with E-state index in [2.05, 4.69) is 65.2 Å². The Labute approximate surface area is 179 Å². The fourth-order valence-corrected chi connectivity index (χ4v) is 6.14. The first-order valence-corrected chi connectivity index (χ1v) is 11.8. The van der Waals surface area contributed by atoms with Gasteiger partial charge in [0, 0.05) is 0 Å². The molecule has 0 aromatic rings. The molecule has 1 unspecified atom stereocenters. The van der Waals surface area contributed by atoms with Crippen LogP contribution in [0.25, 0.3) is 0 Å². The molecule has 1 nitrogen and oxygen atoms in total. The van der Waals surface area contributed by atoms with Crippen LogP contribution < -0.4 is 0 Å². The van der Waals surface area contributed by atoms with Crippen LogP contribution in [0.2, 0.25) is 0 Å². The first-order chi connectivity index (χ1) is 13.7. The van der Waals surface area contributed by atoms with E-state index in [1.807, 2.05) is 0 Å². The monoisotopic (exact) mass is 394 g/mol. The van der Waals surface area contributed by atoms with Crippen LogP contribution in [0.5, 0.6) is 0 Å². The number of hydrogen-bond acceptors (Lipinski definition) is 1. The van der Waals surface area contributed by atoms with Crippen molar-refractivity contribution < 1.29 is 5.11 Å². The van der Waals surface area contributed by atoms with Crippen molar-refractivity contribution in [2.75, 3.05) is 0 Å². The molecule has 0 heterocycles. The van der Waals surface area contributed by atoms with Crippen molar-refractivity contribution in [1.82, 2.24) is 0 Å². The molecular weight excluding hydrogens is 352 g/mol. The van der Waals surface area contributed by atoms with Gasteiger partial charge in [-0.2, -0.15) is 0 Å². The van der Waals surface area contributed by atoms with Gasteiger partial charge < -0.3 is 5.11 Å². The van der Waals surface area contributed by atoms with Gasteiger partial charge in [0.25, 0.3) is 0 Å². The Bertz CT molecular complexity index is 719. The van der Waals surface area contributed by atoms with E-state index in [9.17, 15) is 5.11 Å². The highest BCUT2D eigenvalue weighted by Gasteiger charge is 2.50. The number of hydrogen-bond donors (Lipinski definition) is 1. The van der Waals surface area contributed by atoms with E-state index in [-0.39, 0.29) is 6.10 Å². The average molecular weight is 395 g/mol. The van der Waals surface area contributed by atoms with E-state index >= 15 is 0 Å². The summed E-state index contributed by atoms with van der Waals surface area (Å²) in [5.74, 6) is 2.60. The van der Waals surface area contributed by atoms with Crippen molar-refractivity contribution in [3.05, 3.63) is 59.8 Å². The van der Waals surface area contributed by atoms with Crippen molar-refractivity contribution in [3.8, 4) is 0 Å². The number of aliphatic hydroxyl groups excluding tert-OH is 1. The van der Waals surface area contributed by atoms with Crippen LogP contribution in [0.15, 0.2) is 59.8 Å². The molecule has 0 aliphatic heterocycles. The minimum absolute atomic E-state index is 0.189. The third kappa shape index (κ3) is 4.88. The zero-order chi connectivity index (χ0) is 21.2. The highest BCUT2D eigenvalue weighted by Crippen LogP contribution is 2.59. The molecule has 0 spiro atoms. The van der Waals surface area contributed by atoms with Gasteiger partial charge in [-0.1, -0.05) is 81.9 Å². The van der Waals surface area contributed by atoms with Crippen LogP contribution in [-0.4, -0.2) is 11.2 Å². The lowest BCUT2D eigenvalue weighted by Gasteiger charge is -2.44. The van der Waals surface area contributed by atoms with E-state index in [0.717, 1.165) is 25.2 Å². The molecule has 3 aliphatic carbocycles. The van der Waals surface area contributed by atoms with E-state index < -0.39 is 0 Å². The quantitative estimate of drug-likeness (QED) is 0.477. The predicted molar refractivity (Wildman–Crippen MR) is 126 cm³/mol. The Morgan fingerprint density at radius 3 is 2.62 bits per heavy atom. The summed E-state index contributed by atoms with van der Waals surface area (Å²) in [6, 6.07) is 0. The summed E-state index contributed by atoms with van der Waals surface area (Å²) < 4.78 is 0. The number of rotatable bonds is 5. The van der Waals surface area contributed by atoms with Crippen LogP contribution in [-0.2, 0) is 0 Å². The van der Waals surface area contributed by atoms with Crippen LogP contribution in [0.1, 0.15) is 79.1 Å². The Morgan fingerprint density at radius 2 is 1.90 bits per heavy atom. The fourth-order valence-electron chi connectivity index (χ4n) is 6.14. The van der Waals surface area contributed by atoms with Gasteiger partial charge >= 0.3 is 0 Å². The summed E-state index contributed by atoms with van der Waals surface area (Å²) in [6.45, 7) is 17.9. The third-order valence-electron chi connectivity index (χ3n) is 8.22. The summed E-state index contributed by atoms with van der Waals surface area (Å²) in [4.78, 5) is 0. The molecule has 29 heavy (non-hydrogen) atoms. The third-order valence-corrected chi connectivity index (χ3v) is 8.22. The molecule has 0 aromatic heterocycles. The second kappa shape index (κ2) is 9.21. The van der Waals surface area contributed by atoms with E-state index in [1.165, 1.54) is 48.8 Å². The van der Waals surface area contributed by atoms with Gasteiger partial charge in [-0.05, 0) is 86.0 Å². The molecule has 3 aliphatic rings. The zero-order valence-electron chi connectivity index (χ0n) is 19.2. The van der Waals surface area contributed by atoms with Gasteiger partial charge in [-0.15, -0.1) is 0 Å². The molecule has 0 aromatic carbocycles. The second-order valence-electron chi connectivity index (χ2n) is 10.5. The summed E-state index contributed by atoms with van der Waals surface area (Å²) in [5.41, 5.74) is 5.78. The molecule has 0 radical (unpaired) electrons. The lowest BCUT2D eigenvalue weighted by Crippen LogP contribution is -2.35. The van der Waals surface area contributed by atoms with Crippen molar-refractivity contribution in [2.45, 2.75) is 85.2 Å². The molecular formula is C28H42O. The Balaban J connectivity index is 1.76. The topological polar surface area (TPSA) is 20.2 Å². The molecule has 1 N–H and O–H groups in total. The Hall–Kier alpha value is -1.34. The van der Waals surface area contributed by atoms with Gasteiger partial charge in [-0.25, -0.2) is 0 Å². The van der Waals surface area contributed by atoms with Gasteiger partial charge in [0.2, 0.25) is 0 Å². The summed E-state index contributed by atoms with van der Waals surface area (Å²) in [5, 5.41) is 10.0. The molecule has 0 bridgehead atoms. The predicted octanol–water partition coefficient (Wildman–Crippen LogP) is 7.56. The fraction of sp³-hybridized carbons (Fsp3) is 0.643. The lowest BCUT2D eigenvalue weighted by atomic mass is 9.61. The maximum absolute atomic E-state index is 10.0. The minimum atomic E-state index is -0.189. The normalized spacial score (nSPS) is 36.9. The molecule has 0 saturated heterocycles. The maximum Gasteiger partial charge on any atom is 0.0583 e. The standard InChI is InChI=1S/C28H42O/c1-19(2)20(3)9-10-22(5)26-15-16-27-23(8-7-17-28(26,27)6)12-13-24-18-25(29)14-11-21(24)4/h9-10,12-13,19,22,25-27,29H,3-4,7-8,11,14-18H2,1-2,5-6H3/b10-9+,23-12+,24-13-/t22?,25-,26+,27-,28+/m0/s1. The van der Waals surface area contributed by atoms with Crippen molar-refractivity contribution in [2.24, 2.45) is 29.1 Å². The number of fused-ring (bicyclic) bond motifs is 1. The molecule has 3 saturated carbocycles. The Morgan fingerprint density at radius 1 is 1.14 bits per heavy atom. The molecule has 3 fully saturated rings. The first-order valence-electron chi connectivity index (χ1n) is 11.8. The Kier molecular flexibility index (Phi) is 7.10. The van der Waals surface area contributed by atoms with Crippen LogP contribution in [0.4, 0.5) is 0 Å². The highest BCUT2D eigenvalue weighted by atomic mass is 16.3. The number of allylic oxidation sites excluding steroid dienone is 7. The molecule has 3 rings (SSSR count). The van der Waals surface area contributed by atoms with Gasteiger partial charge in [0.1, 0.15) is 0 Å². The SMILES string of the molecule is C=C1CC[C@H](O)C/C1=C/C=C1\CCC[C@]2(C)[C@@H](C(C)/C=C/C(=C)C(C)C)CC[C@@H]12. The summed E-state index contributed by atoms with van der Waals surface area (Å²) >= 11 is 0. The van der Waals surface area contributed by atoms with Gasteiger partial charge in [-0.3, -0.25) is 0 Å². The maximum atomic E-state index is 10.0. The van der Waals surface area contributed by atoms with E-state index in [4.69, 9.17) is 0 Å². The van der Waals surface area contributed by atoms with Crippen LogP contribution >= 0.6 is 0 Å². The van der Waals surface area contributed by atoms with E-state index in [1.54, 1.807) is 5.57 Å². The van der Waals surface area contributed by atoms with Crippen LogP contribution in [0, 0.1) is 29.1 Å². The van der Waals surface area contributed by atoms with Crippen molar-refractivity contribution in [3.63, 3.8) is 0 Å². The largest absolute Gasteiger partial charge is 0.393 e. The molecule has 1 heteroatoms. The second-order valence-corrected chi connectivity index (χ2v) is 10.5. The van der Waals surface area contributed by atoms with Crippen molar-refractivity contribution >= 4 is 0 Å². The average Bonchev–Trinajstić information content (AvgIpc) is 3.04. The zero-order valence-corrected chi connectivity index (χ0v) is 19.2.